The fourth-order valence-corrected chi connectivity index (χ4v) is 2.54. The van der Waals surface area contributed by atoms with Crippen molar-refractivity contribution in [1.29, 1.82) is 0 Å². The molecule has 0 radical (unpaired) electrons. The van der Waals surface area contributed by atoms with Gasteiger partial charge in [0.1, 0.15) is 5.75 Å². The Labute approximate surface area is 116 Å². The zero-order valence-electron chi connectivity index (χ0n) is 12.0. The van der Waals surface area contributed by atoms with Crippen LogP contribution in [0.1, 0.15) is 44.7 Å². The molecule has 3 heteroatoms. The van der Waals surface area contributed by atoms with Crippen LogP contribution in [0.4, 0.5) is 0 Å². The Hall–Kier alpha value is -1.06. The lowest BCUT2D eigenvalue weighted by atomic mass is 9.99. The first-order valence-electron chi connectivity index (χ1n) is 7.43. The van der Waals surface area contributed by atoms with Crippen molar-refractivity contribution >= 4 is 0 Å². The van der Waals surface area contributed by atoms with Gasteiger partial charge in [-0.15, -0.1) is 0 Å². The van der Waals surface area contributed by atoms with Crippen molar-refractivity contribution in [1.82, 2.24) is 5.32 Å². The predicted molar refractivity (Wildman–Crippen MR) is 77.6 cm³/mol. The Morgan fingerprint density at radius 1 is 1.32 bits per heavy atom. The van der Waals surface area contributed by atoms with E-state index in [0.717, 1.165) is 38.3 Å². The fourth-order valence-electron chi connectivity index (χ4n) is 2.54. The number of nitrogens with one attached hydrogen (secondary N) is 1. The molecular formula is C16H25NO2. The minimum absolute atomic E-state index is 0.299. The maximum absolute atomic E-state index is 5.82. The quantitative estimate of drug-likeness (QED) is 0.818. The van der Waals surface area contributed by atoms with E-state index in [1.54, 1.807) is 0 Å². The number of rotatable bonds is 7. The second-order valence-electron chi connectivity index (χ2n) is 5.00. The van der Waals surface area contributed by atoms with Crippen LogP contribution in [0, 0.1) is 0 Å². The normalized spacial score (nSPS) is 20.4. The molecule has 19 heavy (non-hydrogen) atoms. The summed E-state index contributed by atoms with van der Waals surface area (Å²) >= 11 is 0. The van der Waals surface area contributed by atoms with Gasteiger partial charge in [0.15, 0.2) is 0 Å². The standard InChI is InChI=1S/C16H25NO2/c1-3-11-18-14-9-7-13(8-10-14)16(17-4-2)15-6-5-12-19-15/h7-10,15-17H,3-6,11-12H2,1-2H3. The van der Waals surface area contributed by atoms with Gasteiger partial charge in [-0.3, -0.25) is 0 Å². The Bertz CT molecular complexity index is 358. The molecule has 1 saturated heterocycles. The van der Waals surface area contributed by atoms with Crippen molar-refractivity contribution in [2.45, 2.75) is 45.3 Å². The first-order chi connectivity index (χ1) is 9.35. The van der Waals surface area contributed by atoms with Gasteiger partial charge in [0.25, 0.3) is 0 Å². The zero-order chi connectivity index (χ0) is 13.5. The molecule has 1 aliphatic rings. The van der Waals surface area contributed by atoms with Gasteiger partial charge in [-0.1, -0.05) is 26.0 Å². The van der Waals surface area contributed by atoms with E-state index in [1.165, 1.54) is 12.0 Å². The molecule has 1 aromatic rings. The largest absolute Gasteiger partial charge is 0.494 e. The van der Waals surface area contributed by atoms with E-state index in [4.69, 9.17) is 9.47 Å². The lowest BCUT2D eigenvalue weighted by Crippen LogP contribution is -2.31. The van der Waals surface area contributed by atoms with E-state index in [0.29, 0.717) is 12.1 Å². The van der Waals surface area contributed by atoms with Gasteiger partial charge in [-0.25, -0.2) is 0 Å². The number of hydrogen-bond donors (Lipinski definition) is 1. The summed E-state index contributed by atoms with van der Waals surface area (Å²) < 4.78 is 11.4. The van der Waals surface area contributed by atoms with Crippen LogP contribution >= 0.6 is 0 Å². The monoisotopic (exact) mass is 263 g/mol. The van der Waals surface area contributed by atoms with Gasteiger partial charge in [0.2, 0.25) is 0 Å². The number of hydrogen-bond acceptors (Lipinski definition) is 3. The van der Waals surface area contributed by atoms with Gasteiger partial charge in [0, 0.05) is 6.61 Å². The molecule has 1 fully saturated rings. The summed E-state index contributed by atoms with van der Waals surface area (Å²) in [6, 6.07) is 8.72. The first-order valence-corrected chi connectivity index (χ1v) is 7.43. The predicted octanol–water partition coefficient (Wildman–Crippen LogP) is 3.31. The van der Waals surface area contributed by atoms with E-state index < -0.39 is 0 Å². The topological polar surface area (TPSA) is 30.5 Å². The van der Waals surface area contributed by atoms with E-state index >= 15 is 0 Å². The van der Waals surface area contributed by atoms with Gasteiger partial charge < -0.3 is 14.8 Å². The van der Waals surface area contributed by atoms with Crippen molar-refractivity contribution < 1.29 is 9.47 Å². The summed E-state index contributed by atoms with van der Waals surface area (Å²) in [4.78, 5) is 0. The highest BCUT2D eigenvalue weighted by atomic mass is 16.5. The molecule has 0 aliphatic carbocycles. The van der Waals surface area contributed by atoms with Crippen LogP contribution in [0.5, 0.6) is 5.75 Å². The molecule has 2 rings (SSSR count). The highest BCUT2D eigenvalue weighted by Gasteiger charge is 2.26. The fraction of sp³-hybridized carbons (Fsp3) is 0.625. The average Bonchev–Trinajstić information content (AvgIpc) is 2.97. The van der Waals surface area contributed by atoms with Crippen LogP contribution in [0.3, 0.4) is 0 Å². The third kappa shape index (κ3) is 3.95. The third-order valence-electron chi connectivity index (χ3n) is 3.47. The van der Waals surface area contributed by atoms with Crippen LogP contribution in [0.2, 0.25) is 0 Å². The zero-order valence-corrected chi connectivity index (χ0v) is 12.0. The van der Waals surface area contributed by atoms with Crippen molar-refractivity contribution in [3.63, 3.8) is 0 Å². The number of ether oxygens (including phenoxy) is 2. The van der Waals surface area contributed by atoms with Crippen molar-refractivity contribution in [3.8, 4) is 5.75 Å². The Balaban J connectivity index is 2.03. The molecule has 1 N–H and O–H groups in total. The second-order valence-corrected chi connectivity index (χ2v) is 5.00. The van der Waals surface area contributed by atoms with Gasteiger partial charge in [-0.05, 0) is 43.5 Å². The summed E-state index contributed by atoms with van der Waals surface area (Å²) in [5.74, 6) is 0.952. The van der Waals surface area contributed by atoms with Crippen LogP contribution in [0.25, 0.3) is 0 Å². The molecule has 2 atom stereocenters. The maximum Gasteiger partial charge on any atom is 0.119 e. The molecule has 3 nitrogen and oxygen atoms in total. The molecule has 0 aromatic heterocycles. The van der Waals surface area contributed by atoms with Crippen molar-refractivity contribution in [2.75, 3.05) is 19.8 Å². The summed E-state index contributed by atoms with van der Waals surface area (Å²) in [6.45, 7) is 6.89. The van der Waals surface area contributed by atoms with Gasteiger partial charge >= 0.3 is 0 Å². The maximum atomic E-state index is 5.82. The molecule has 1 aliphatic heterocycles. The summed E-state index contributed by atoms with van der Waals surface area (Å²) in [5, 5.41) is 3.54. The van der Waals surface area contributed by atoms with Crippen LogP contribution in [-0.2, 0) is 4.74 Å². The van der Waals surface area contributed by atoms with E-state index in [1.807, 2.05) is 0 Å². The molecule has 2 unspecified atom stereocenters. The number of likely N-dealkylation sites (N-methyl/N-ethyl adjacent to an activating group) is 1. The first kappa shape index (κ1) is 14.4. The minimum Gasteiger partial charge on any atom is -0.494 e. The highest BCUT2D eigenvalue weighted by Crippen LogP contribution is 2.28. The van der Waals surface area contributed by atoms with Gasteiger partial charge in [0.05, 0.1) is 18.8 Å². The van der Waals surface area contributed by atoms with Crippen molar-refractivity contribution in [2.24, 2.45) is 0 Å². The molecule has 0 spiro atoms. The molecule has 106 valence electrons. The SMILES string of the molecule is CCCOc1ccc(C(NCC)C2CCCO2)cc1. The van der Waals surface area contributed by atoms with E-state index in [2.05, 4.69) is 43.4 Å². The molecular weight excluding hydrogens is 238 g/mol. The smallest absolute Gasteiger partial charge is 0.119 e. The Kier molecular flexibility index (Phi) is 5.67. The van der Waals surface area contributed by atoms with Crippen LogP contribution < -0.4 is 10.1 Å². The highest BCUT2D eigenvalue weighted by molar-refractivity contribution is 5.30. The lowest BCUT2D eigenvalue weighted by molar-refractivity contribution is 0.0788. The summed E-state index contributed by atoms with van der Waals surface area (Å²) in [6.07, 6.45) is 3.66. The lowest BCUT2D eigenvalue weighted by Gasteiger charge is -2.24. The van der Waals surface area contributed by atoms with Gasteiger partial charge in [-0.2, -0.15) is 0 Å². The number of benzene rings is 1. The Morgan fingerprint density at radius 3 is 2.68 bits per heavy atom. The minimum atomic E-state index is 0.299. The second kappa shape index (κ2) is 7.51. The third-order valence-corrected chi connectivity index (χ3v) is 3.47. The van der Waals surface area contributed by atoms with Crippen molar-refractivity contribution in [3.05, 3.63) is 29.8 Å². The molecule has 0 bridgehead atoms. The van der Waals surface area contributed by atoms with Crippen LogP contribution in [0.15, 0.2) is 24.3 Å². The van der Waals surface area contributed by atoms with Crippen LogP contribution in [-0.4, -0.2) is 25.9 Å². The Morgan fingerprint density at radius 2 is 2.11 bits per heavy atom. The molecule has 0 saturated carbocycles. The molecule has 1 heterocycles. The molecule has 0 amide bonds. The molecule has 1 aromatic carbocycles. The van der Waals surface area contributed by atoms with E-state index in [-0.39, 0.29) is 0 Å². The summed E-state index contributed by atoms with van der Waals surface area (Å²) in [7, 11) is 0. The van der Waals surface area contributed by atoms with E-state index in [9.17, 15) is 0 Å². The summed E-state index contributed by atoms with van der Waals surface area (Å²) in [5.41, 5.74) is 1.29. The average molecular weight is 263 g/mol.